The fourth-order valence-electron chi connectivity index (χ4n) is 4.79. The first-order valence-corrected chi connectivity index (χ1v) is 11.5. The van der Waals surface area contributed by atoms with Gasteiger partial charge in [-0.25, -0.2) is 0 Å². The zero-order chi connectivity index (χ0) is 20.5. The number of ether oxygens (including phenoxy) is 2. The largest absolute Gasteiger partial charge is 0.346 e. The van der Waals surface area contributed by atoms with Crippen LogP contribution < -0.4 is 5.32 Å². The van der Waals surface area contributed by atoms with Crippen molar-refractivity contribution in [3.8, 4) is 11.1 Å². The monoisotopic (exact) mass is 422 g/mol. The van der Waals surface area contributed by atoms with Gasteiger partial charge in [0.15, 0.2) is 11.5 Å². The van der Waals surface area contributed by atoms with Crippen LogP contribution in [-0.4, -0.2) is 29.5 Å². The van der Waals surface area contributed by atoms with Gasteiger partial charge in [0.1, 0.15) is 0 Å². The van der Waals surface area contributed by atoms with Crippen LogP contribution in [-0.2, 0) is 14.3 Å². The molecule has 0 spiro atoms. The zero-order valence-electron chi connectivity index (χ0n) is 16.8. The first-order chi connectivity index (χ1) is 14.7. The average Bonchev–Trinajstić information content (AvgIpc) is 3.44. The summed E-state index contributed by atoms with van der Waals surface area (Å²) in [5.41, 5.74) is 4.86. The van der Waals surface area contributed by atoms with Crippen molar-refractivity contribution in [3.05, 3.63) is 59.7 Å². The highest BCUT2D eigenvalue weighted by Gasteiger charge is 2.38. The van der Waals surface area contributed by atoms with Gasteiger partial charge in [0, 0.05) is 5.56 Å². The number of carbonyl (C=O) groups excluding carboxylic acids is 1. The van der Waals surface area contributed by atoms with Gasteiger partial charge in [0.2, 0.25) is 5.91 Å². The van der Waals surface area contributed by atoms with Crippen molar-refractivity contribution >= 4 is 22.8 Å². The molecule has 1 atom stereocenters. The van der Waals surface area contributed by atoms with Gasteiger partial charge in [-0.2, -0.15) is 0 Å². The fraction of sp³-hybridized carbons (Fsp3) is 0.417. The number of carbonyl (C=O) groups is 1. The van der Waals surface area contributed by atoms with E-state index in [9.17, 15) is 4.79 Å². The van der Waals surface area contributed by atoms with Crippen molar-refractivity contribution in [3.63, 3.8) is 0 Å². The van der Waals surface area contributed by atoms with E-state index in [1.54, 1.807) is 0 Å². The summed E-state index contributed by atoms with van der Waals surface area (Å²) in [6.45, 7) is 1.32. The van der Waals surface area contributed by atoms with E-state index in [1.165, 1.54) is 28.5 Å². The summed E-state index contributed by atoms with van der Waals surface area (Å²) in [5.74, 6) is 0.970. The van der Waals surface area contributed by atoms with Crippen LogP contribution in [0.5, 0.6) is 0 Å². The van der Waals surface area contributed by atoms with Gasteiger partial charge in [-0.15, -0.1) is 0 Å². The number of amides is 1. The molecule has 1 saturated carbocycles. The Balaban J connectivity index is 1.20. The van der Waals surface area contributed by atoms with Crippen molar-refractivity contribution in [2.75, 3.05) is 13.2 Å². The molecule has 5 rings (SSSR count). The quantitative estimate of drug-likeness (QED) is 0.740. The molecule has 2 heterocycles. The molecule has 0 bridgehead atoms. The molecule has 0 radical (unpaired) electrons. The van der Waals surface area contributed by atoms with Crippen LogP contribution in [0.4, 0.5) is 0 Å². The molecular formula is C24H26N2O3S. The van der Waals surface area contributed by atoms with E-state index in [0.29, 0.717) is 30.2 Å². The summed E-state index contributed by atoms with van der Waals surface area (Å²) in [5, 5.41) is 10.5. The predicted octanol–water partition coefficient (Wildman–Crippen LogP) is 4.84. The molecule has 0 aromatic heterocycles. The molecule has 2 aliphatic heterocycles. The average molecular weight is 423 g/mol. The van der Waals surface area contributed by atoms with Gasteiger partial charge in [0.25, 0.3) is 0 Å². The minimum atomic E-state index is -0.226. The Labute approximate surface area is 181 Å². The van der Waals surface area contributed by atoms with Crippen molar-refractivity contribution in [1.82, 2.24) is 5.32 Å². The third-order valence-electron chi connectivity index (χ3n) is 6.46. The highest BCUT2D eigenvalue weighted by Crippen LogP contribution is 2.41. The van der Waals surface area contributed by atoms with E-state index >= 15 is 0 Å². The van der Waals surface area contributed by atoms with Crippen LogP contribution in [0.15, 0.2) is 48.5 Å². The van der Waals surface area contributed by atoms with Crippen LogP contribution in [0.2, 0.25) is 0 Å². The van der Waals surface area contributed by atoms with Crippen LogP contribution in [0.3, 0.4) is 0 Å². The van der Waals surface area contributed by atoms with Gasteiger partial charge in [-0.05, 0) is 54.2 Å². The maximum Gasteiger partial charge on any atom is 0.239 e. The lowest BCUT2D eigenvalue weighted by molar-refractivity contribution is -0.119. The minimum absolute atomic E-state index is 0.0230. The molecule has 2 saturated heterocycles. The number of hydrogen-bond donors (Lipinski definition) is 2. The van der Waals surface area contributed by atoms with E-state index in [4.69, 9.17) is 14.9 Å². The lowest BCUT2D eigenvalue weighted by Crippen LogP contribution is -2.31. The van der Waals surface area contributed by atoms with Crippen molar-refractivity contribution in [2.45, 2.75) is 43.1 Å². The van der Waals surface area contributed by atoms with Crippen molar-refractivity contribution < 1.29 is 14.3 Å². The highest BCUT2D eigenvalue weighted by molar-refractivity contribution is 8.15. The second-order valence-electron chi connectivity index (χ2n) is 8.29. The zero-order valence-corrected chi connectivity index (χ0v) is 17.6. The summed E-state index contributed by atoms with van der Waals surface area (Å²) >= 11 is 1.39. The summed E-state index contributed by atoms with van der Waals surface area (Å²) in [7, 11) is 0. The van der Waals surface area contributed by atoms with Crippen LogP contribution in [0, 0.1) is 11.3 Å². The van der Waals surface area contributed by atoms with E-state index in [2.05, 4.69) is 53.8 Å². The Morgan fingerprint density at radius 1 is 0.833 bits per heavy atom. The number of amidine groups is 1. The molecular weight excluding hydrogens is 396 g/mol. The number of hydrogen-bond acceptors (Lipinski definition) is 5. The first-order valence-electron chi connectivity index (χ1n) is 10.7. The Morgan fingerprint density at radius 2 is 1.40 bits per heavy atom. The van der Waals surface area contributed by atoms with Gasteiger partial charge >= 0.3 is 0 Å². The number of rotatable bonds is 4. The van der Waals surface area contributed by atoms with Crippen molar-refractivity contribution in [2.24, 2.45) is 5.92 Å². The maximum atomic E-state index is 12.0. The lowest BCUT2D eigenvalue weighted by atomic mass is 9.77. The topological polar surface area (TPSA) is 71.4 Å². The van der Waals surface area contributed by atoms with Crippen LogP contribution >= 0.6 is 11.8 Å². The highest BCUT2D eigenvalue weighted by atomic mass is 32.2. The predicted molar refractivity (Wildman–Crippen MR) is 118 cm³/mol. The Hall–Kier alpha value is -2.15. The molecule has 3 fully saturated rings. The standard InChI is InChI=1S/C24H26N2O3S/c25-24-26-22(27)21(30-24)19-9-5-17(6-10-19)15-1-3-16(4-2-15)18-7-11-20(12-8-18)23-28-13-14-29-23/h1-4,7-8,11-12,17,19,21,23H,5-6,9-10,13-14H2,(H2,25,26,27). The smallest absolute Gasteiger partial charge is 0.239 e. The SMILES string of the molecule is N=C1NC(=O)C(C2CCC(c3ccc(-c4ccc(C5OCCO5)cc4)cc3)CC2)S1. The second kappa shape index (κ2) is 8.53. The van der Waals surface area contributed by atoms with E-state index in [-0.39, 0.29) is 17.4 Å². The molecule has 156 valence electrons. The number of benzene rings is 2. The summed E-state index contributed by atoms with van der Waals surface area (Å²) in [4.78, 5) is 12.0. The third kappa shape index (κ3) is 4.04. The second-order valence-corrected chi connectivity index (χ2v) is 9.44. The molecule has 1 amide bonds. The van der Waals surface area contributed by atoms with Gasteiger partial charge < -0.3 is 14.8 Å². The van der Waals surface area contributed by atoms with E-state index in [1.807, 2.05) is 0 Å². The normalized spacial score (nSPS) is 27.4. The van der Waals surface area contributed by atoms with Gasteiger partial charge in [-0.1, -0.05) is 60.3 Å². The van der Waals surface area contributed by atoms with Crippen LogP contribution in [0.1, 0.15) is 49.0 Å². The molecule has 2 aromatic rings. The van der Waals surface area contributed by atoms with Gasteiger partial charge in [0.05, 0.1) is 18.5 Å². The first kappa shape index (κ1) is 19.8. The Kier molecular flexibility index (Phi) is 5.63. The molecule has 1 aliphatic carbocycles. The van der Waals surface area contributed by atoms with E-state index in [0.717, 1.165) is 31.2 Å². The molecule has 2 N–H and O–H groups in total. The summed E-state index contributed by atoms with van der Waals surface area (Å²) < 4.78 is 11.1. The van der Waals surface area contributed by atoms with Crippen molar-refractivity contribution in [1.29, 1.82) is 5.41 Å². The Bertz CT molecular complexity index is 914. The molecule has 6 heteroatoms. The minimum Gasteiger partial charge on any atom is -0.346 e. The summed E-state index contributed by atoms with van der Waals surface area (Å²) in [6, 6.07) is 17.3. The molecule has 3 aliphatic rings. The molecule has 2 aromatic carbocycles. The third-order valence-corrected chi connectivity index (χ3v) is 7.65. The molecule has 30 heavy (non-hydrogen) atoms. The lowest BCUT2D eigenvalue weighted by Gasteiger charge is -2.30. The van der Waals surface area contributed by atoms with Gasteiger partial charge in [-0.3, -0.25) is 10.2 Å². The Morgan fingerprint density at radius 3 is 1.93 bits per heavy atom. The fourth-order valence-corrected chi connectivity index (χ4v) is 5.83. The number of thioether (sulfide) groups is 1. The van der Waals surface area contributed by atoms with Crippen LogP contribution in [0.25, 0.3) is 11.1 Å². The molecule has 1 unspecified atom stereocenters. The number of nitrogens with one attached hydrogen (secondary N) is 2. The summed E-state index contributed by atoms with van der Waals surface area (Å²) in [6.07, 6.45) is 4.10. The maximum absolute atomic E-state index is 12.0. The van der Waals surface area contributed by atoms with E-state index < -0.39 is 0 Å². The molecule has 5 nitrogen and oxygen atoms in total.